The Labute approximate surface area is 152 Å². The number of rotatable bonds is 2. The third-order valence-electron chi connectivity index (χ3n) is 6.02. The number of nitrogens with one attached hydrogen (secondary N) is 1. The normalized spacial score (nSPS) is 24.6. The van der Waals surface area contributed by atoms with E-state index < -0.39 is 0 Å². The molecule has 3 heterocycles. The van der Waals surface area contributed by atoms with Crippen molar-refractivity contribution in [1.29, 1.82) is 0 Å². The van der Waals surface area contributed by atoms with Crippen LogP contribution in [0.25, 0.3) is 5.69 Å². The molecule has 26 heavy (non-hydrogen) atoms. The Bertz CT molecular complexity index is 861. The van der Waals surface area contributed by atoms with Gasteiger partial charge in [0.05, 0.1) is 0 Å². The topological polar surface area (TPSA) is 50.2 Å². The Morgan fingerprint density at radius 2 is 2.00 bits per heavy atom. The molecule has 1 aromatic carbocycles. The molecule has 1 aliphatic carbocycles. The van der Waals surface area contributed by atoms with Gasteiger partial charge in [-0.15, -0.1) is 0 Å². The van der Waals surface area contributed by atoms with Crippen LogP contribution in [0.4, 0.5) is 4.39 Å². The third kappa shape index (κ3) is 2.55. The lowest BCUT2D eigenvalue weighted by molar-refractivity contribution is 0.0740. The predicted octanol–water partition coefficient (Wildman–Crippen LogP) is 2.47. The highest BCUT2D eigenvalue weighted by Crippen LogP contribution is 2.30. The molecule has 1 N–H and O–H groups in total. The lowest BCUT2D eigenvalue weighted by atomic mass is 10.1. The van der Waals surface area contributed by atoms with Gasteiger partial charge < -0.3 is 10.2 Å². The second-order valence-electron chi connectivity index (χ2n) is 7.67. The van der Waals surface area contributed by atoms with E-state index in [0.29, 0.717) is 23.5 Å². The molecule has 1 aromatic heterocycles. The molecule has 3 aliphatic rings. The van der Waals surface area contributed by atoms with E-state index in [1.165, 1.54) is 12.5 Å². The van der Waals surface area contributed by atoms with Gasteiger partial charge in [-0.2, -0.15) is 5.10 Å². The van der Waals surface area contributed by atoms with Crippen LogP contribution in [0.1, 0.15) is 47.4 Å². The molecule has 6 heteroatoms. The minimum absolute atomic E-state index is 0.00703. The van der Waals surface area contributed by atoms with E-state index >= 15 is 0 Å². The second-order valence-corrected chi connectivity index (χ2v) is 7.67. The number of hydrogen-bond donors (Lipinski definition) is 1. The summed E-state index contributed by atoms with van der Waals surface area (Å²) in [6, 6.07) is 7.59. The van der Waals surface area contributed by atoms with Gasteiger partial charge in [0.25, 0.3) is 5.91 Å². The highest BCUT2D eigenvalue weighted by atomic mass is 19.1. The van der Waals surface area contributed by atoms with Crippen molar-refractivity contribution < 1.29 is 9.18 Å². The number of carbonyl (C=O) groups is 1. The minimum atomic E-state index is -0.306. The summed E-state index contributed by atoms with van der Waals surface area (Å²) in [6.45, 7) is 1.52. The van der Waals surface area contributed by atoms with Crippen molar-refractivity contribution in [3.63, 3.8) is 0 Å². The average Bonchev–Trinajstić information content (AvgIpc) is 3.30. The maximum absolute atomic E-state index is 14.3. The molecule has 2 aromatic rings. The van der Waals surface area contributed by atoms with Crippen LogP contribution in [-0.4, -0.2) is 45.8 Å². The summed E-state index contributed by atoms with van der Waals surface area (Å²) < 4.78 is 16.0. The molecular weight excluding hydrogens is 331 g/mol. The summed E-state index contributed by atoms with van der Waals surface area (Å²) in [5.41, 5.74) is 2.97. The van der Waals surface area contributed by atoms with Crippen LogP contribution < -0.4 is 5.32 Å². The fraction of sp³-hybridized carbons (Fsp3) is 0.500. The number of fused-ring (bicyclic) bond motifs is 3. The zero-order valence-electron chi connectivity index (χ0n) is 14.7. The number of nitrogens with zero attached hydrogens (tertiary/aromatic N) is 3. The monoisotopic (exact) mass is 354 g/mol. The summed E-state index contributed by atoms with van der Waals surface area (Å²) in [7, 11) is 0. The molecule has 5 rings (SSSR count). The Morgan fingerprint density at radius 1 is 1.15 bits per heavy atom. The molecule has 2 saturated heterocycles. The number of likely N-dealkylation sites (tertiary alicyclic amines) is 1. The summed E-state index contributed by atoms with van der Waals surface area (Å²) in [6.07, 6.45) is 6.03. The fourth-order valence-electron chi connectivity index (χ4n) is 4.71. The Balaban J connectivity index is 1.51. The van der Waals surface area contributed by atoms with Crippen molar-refractivity contribution in [3.8, 4) is 5.69 Å². The van der Waals surface area contributed by atoms with E-state index in [0.717, 1.165) is 56.5 Å². The number of amides is 1. The van der Waals surface area contributed by atoms with Crippen molar-refractivity contribution in [2.75, 3.05) is 13.1 Å². The molecular formula is C20H23FN4O. The van der Waals surface area contributed by atoms with Crippen LogP contribution in [0.2, 0.25) is 0 Å². The van der Waals surface area contributed by atoms with E-state index in [1.807, 2.05) is 4.90 Å². The Kier molecular flexibility index (Phi) is 3.81. The van der Waals surface area contributed by atoms with Gasteiger partial charge in [-0.3, -0.25) is 4.79 Å². The van der Waals surface area contributed by atoms with Crippen LogP contribution in [0.15, 0.2) is 24.3 Å². The number of benzene rings is 1. The summed E-state index contributed by atoms with van der Waals surface area (Å²) in [4.78, 5) is 15.2. The Hall–Kier alpha value is -2.21. The molecule has 2 aliphatic heterocycles. The molecule has 2 fully saturated rings. The summed E-state index contributed by atoms with van der Waals surface area (Å²) in [5.74, 6) is -0.299. The molecule has 5 nitrogen and oxygen atoms in total. The summed E-state index contributed by atoms with van der Waals surface area (Å²) in [5, 5.41) is 8.21. The Morgan fingerprint density at radius 3 is 2.88 bits per heavy atom. The molecule has 2 bridgehead atoms. The van der Waals surface area contributed by atoms with Crippen LogP contribution in [0.3, 0.4) is 0 Å². The first-order chi connectivity index (χ1) is 12.7. The fourth-order valence-corrected chi connectivity index (χ4v) is 4.71. The molecule has 0 saturated carbocycles. The number of hydrogen-bond acceptors (Lipinski definition) is 3. The van der Waals surface area contributed by atoms with Crippen molar-refractivity contribution in [1.82, 2.24) is 20.0 Å². The number of halogens is 1. The number of para-hydroxylation sites is 1. The zero-order valence-corrected chi connectivity index (χ0v) is 14.7. The molecule has 2 unspecified atom stereocenters. The average molecular weight is 354 g/mol. The van der Waals surface area contributed by atoms with Gasteiger partial charge in [0.2, 0.25) is 0 Å². The van der Waals surface area contributed by atoms with Gasteiger partial charge >= 0.3 is 0 Å². The van der Waals surface area contributed by atoms with Crippen LogP contribution in [0.5, 0.6) is 0 Å². The van der Waals surface area contributed by atoms with E-state index in [2.05, 4.69) is 10.4 Å². The number of aromatic nitrogens is 2. The van der Waals surface area contributed by atoms with E-state index in [4.69, 9.17) is 0 Å². The van der Waals surface area contributed by atoms with Gasteiger partial charge in [-0.25, -0.2) is 9.07 Å². The van der Waals surface area contributed by atoms with Crippen molar-refractivity contribution in [2.24, 2.45) is 0 Å². The first-order valence-corrected chi connectivity index (χ1v) is 9.61. The highest BCUT2D eigenvalue weighted by Gasteiger charge is 2.35. The SMILES string of the molecule is O=C(c1nn(-c2ccccc2F)c2c1CCC2)N1CCC2CCC(C1)N2. The van der Waals surface area contributed by atoms with E-state index in [9.17, 15) is 9.18 Å². The van der Waals surface area contributed by atoms with Gasteiger partial charge in [-0.1, -0.05) is 12.1 Å². The van der Waals surface area contributed by atoms with E-state index in [1.54, 1.807) is 22.9 Å². The molecule has 0 radical (unpaired) electrons. The van der Waals surface area contributed by atoms with Crippen LogP contribution in [0, 0.1) is 5.82 Å². The van der Waals surface area contributed by atoms with Crippen LogP contribution in [-0.2, 0) is 12.8 Å². The molecule has 136 valence electrons. The van der Waals surface area contributed by atoms with Gasteiger partial charge in [-0.05, 0) is 50.7 Å². The van der Waals surface area contributed by atoms with Gasteiger partial charge in [0, 0.05) is 36.4 Å². The first-order valence-electron chi connectivity index (χ1n) is 9.61. The smallest absolute Gasteiger partial charge is 0.274 e. The van der Waals surface area contributed by atoms with Crippen molar-refractivity contribution in [2.45, 2.75) is 50.6 Å². The molecule has 1 amide bonds. The predicted molar refractivity (Wildman–Crippen MR) is 96.0 cm³/mol. The van der Waals surface area contributed by atoms with Crippen LogP contribution >= 0.6 is 0 Å². The lowest BCUT2D eigenvalue weighted by Crippen LogP contribution is -2.39. The number of carbonyl (C=O) groups excluding carboxylic acids is 1. The maximum atomic E-state index is 14.3. The second kappa shape index (κ2) is 6.20. The third-order valence-corrected chi connectivity index (χ3v) is 6.02. The van der Waals surface area contributed by atoms with Crippen molar-refractivity contribution >= 4 is 5.91 Å². The zero-order chi connectivity index (χ0) is 17.7. The standard InChI is InChI=1S/C20H23FN4O/c21-16-5-1-2-6-18(16)25-17-7-3-4-15(17)19(23-25)20(26)24-11-10-13-8-9-14(12-24)22-13/h1-2,5-6,13-14,22H,3-4,7-12H2. The quantitative estimate of drug-likeness (QED) is 0.901. The van der Waals surface area contributed by atoms with Gasteiger partial charge in [0.1, 0.15) is 11.5 Å². The molecule has 2 atom stereocenters. The summed E-state index contributed by atoms with van der Waals surface area (Å²) >= 11 is 0. The maximum Gasteiger partial charge on any atom is 0.274 e. The van der Waals surface area contributed by atoms with Crippen molar-refractivity contribution in [3.05, 3.63) is 47.0 Å². The van der Waals surface area contributed by atoms with E-state index in [-0.39, 0.29) is 11.7 Å². The minimum Gasteiger partial charge on any atom is -0.336 e. The largest absolute Gasteiger partial charge is 0.336 e. The lowest BCUT2D eigenvalue weighted by Gasteiger charge is -2.23. The van der Waals surface area contributed by atoms with Gasteiger partial charge in [0.15, 0.2) is 5.69 Å². The highest BCUT2D eigenvalue weighted by molar-refractivity contribution is 5.94. The molecule has 0 spiro atoms. The first kappa shape index (κ1) is 16.0.